The maximum absolute atomic E-state index is 14.7. The Kier molecular flexibility index (Phi) is 5.43. The van der Waals surface area contributed by atoms with E-state index in [1.165, 1.54) is 24.1 Å². The molecule has 0 atom stereocenters. The predicted molar refractivity (Wildman–Crippen MR) is 107 cm³/mol. The highest BCUT2D eigenvalue weighted by Crippen LogP contribution is 2.32. The number of rotatable bonds is 7. The number of nitrogens with zero attached hydrogens (tertiary/aromatic N) is 4. The monoisotopic (exact) mass is 430 g/mol. The summed E-state index contributed by atoms with van der Waals surface area (Å²) in [6.45, 7) is 0.752. The van der Waals surface area contributed by atoms with E-state index in [2.05, 4.69) is 10.1 Å². The van der Waals surface area contributed by atoms with Gasteiger partial charge >= 0.3 is 0 Å². The van der Waals surface area contributed by atoms with E-state index in [0.717, 1.165) is 0 Å². The van der Waals surface area contributed by atoms with Gasteiger partial charge in [-0.25, -0.2) is 18.2 Å². The molecule has 1 aliphatic rings. The fraction of sp³-hybridized carbons (Fsp3) is 0.318. The molecule has 1 amide bonds. The number of benzene rings is 1. The normalized spacial score (nSPS) is 13.6. The lowest BCUT2D eigenvalue weighted by molar-refractivity contribution is -0.0449. The number of hydrogen-bond donors (Lipinski definition) is 0. The molecular formula is C22H21F3N4O2. The van der Waals surface area contributed by atoms with Crippen LogP contribution in [0.3, 0.4) is 0 Å². The summed E-state index contributed by atoms with van der Waals surface area (Å²) in [7, 11) is 1.78. The van der Waals surface area contributed by atoms with Gasteiger partial charge in [0.05, 0.1) is 5.69 Å². The molecule has 0 radical (unpaired) electrons. The van der Waals surface area contributed by atoms with Gasteiger partial charge in [-0.3, -0.25) is 9.48 Å². The van der Waals surface area contributed by atoms with Crippen molar-refractivity contribution in [3.8, 4) is 17.1 Å². The number of aromatic nitrogens is 3. The number of halogens is 3. The number of hydrogen-bond acceptors (Lipinski definition) is 4. The van der Waals surface area contributed by atoms with E-state index in [1.807, 2.05) is 0 Å². The SMILES string of the molecule is CCC(F)(F)COc1nccc2c1C(=O)N(Cc1ccc(-c3ccn(C)n3)cc1F)C2. The lowest BCUT2D eigenvalue weighted by Crippen LogP contribution is -2.26. The largest absolute Gasteiger partial charge is 0.471 e. The van der Waals surface area contributed by atoms with Crippen LogP contribution in [0.5, 0.6) is 5.88 Å². The second-order valence-electron chi connectivity index (χ2n) is 7.49. The highest BCUT2D eigenvalue weighted by molar-refractivity contribution is 6.00. The van der Waals surface area contributed by atoms with Gasteiger partial charge in [-0.2, -0.15) is 5.10 Å². The molecule has 3 heterocycles. The van der Waals surface area contributed by atoms with Gasteiger partial charge in [0, 0.05) is 50.1 Å². The lowest BCUT2D eigenvalue weighted by Gasteiger charge is -2.17. The molecule has 3 aromatic rings. The molecule has 0 unspecified atom stereocenters. The third kappa shape index (κ3) is 4.26. The maximum Gasteiger partial charge on any atom is 0.281 e. The zero-order valence-electron chi connectivity index (χ0n) is 17.1. The fourth-order valence-corrected chi connectivity index (χ4v) is 3.40. The molecule has 0 saturated carbocycles. The second kappa shape index (κ2) is 8.05. The molecule has 6 nitrogen and oxygen atoms in total. The van der Waals surface area contributed by atoms with Crippen molar-refractivity contribution in [3.05, 3.63) is 65.2 Å². The van der Waals surface area contributed by atoms with E-state index in [0.29, 0.717) is 22.4 Å². The van der Waals surface area contributed by atoms with Crippen molar-refractivity contribution < 1.29 is 22.7 Å². The molecule has 0 bridgehead atoms. The molecule has 0 saturated heterocycles. The van der Waals surface area contributed by atoms with Gasteiger partial charge in [0.15, 0.2) is 6.61 Å². The Morgan fingerprint density at radius 2 is 2.03 bits per heavy atom. The molecule has 0 spiro atoms. The molecular weight excluding hydrogens is 409 g/mol. The summed E-state index contributed by atoms with van der Waals surface area (Å²) in [5.41, 5.74) is 2.39. The summed E-state index contributed by atoms with van der Waals surface area (Å²) in [4.78, 5) is 18.3. The zero-order chi connectivity index (χ0) is 22.2. The summed E-state index contributed by atoms with van der Waals surface area (Å²) in [6.07, 6.45) is 2.80. The molecule has 0 aliphatic carbocycles. The predicted octanol–water partition coefficient (Wildman–Crippen LogP) is 4.20. The van der Waals surface area contributed by atoms with Gasteiger partial charge in [-0.15, -0.1) is 0 Å². The summed E-state index contributed by atoms with van der Waals surface area (Å²) in [5, 5.41) is 4.26. The standard InChI is InChI=1S/C22H21F3N4O2/c1-3-22(24,25)13-31-20-19-16(6-8-26-20)12-29(21(19)30)11-15-5-4-14(10-17(15)23)18-7-9-28(2)27-18/h4-10H,3,11-13H2,1-2H3. The summed E-state index contributed by atoms with van der Waals surface area (Å²) < 4.78 is 48.6. The quantitative estimate of drug-likeness (QED) is 0.564. The van der Waals surface area contributed by atoms with Crippen LogP contribution in [0.2, 0.25) is 0 Å². The topological polar surface area (TPSA) is 60.2 Å². The van der Waals surface area contributed by atoms with Crippen molar-refractivity contribution >= 4 is 5.91 Å². The second-order valence-corrected chi connectivity index (χ2v) is 7.49. The Morgan fingerprint density at radius 1 is 1.23 bits per heavy atom. The van der Waals surface area contributed by atoms with Crippen molar-refractivity contribution in [2.24, 2.45) is 7.05 Å². The van der Waals surface area contributed by atoms with Gasteiger partial charge in [0.1, 0.15) is 11.4 Å². The first-order chi connectivity index (χ1) is 14.8. The van der Waals surface area contributed by atoms with Gasteiger partial charge in [0.2, 0.25) is 5.88 Å². The number of amides is 1. The van der Waals surface area contributed by atoms with Gasteiger partial charge in [-0.1, -0.05) is 19.1 Å². The minimum atomic E-state index is -3.01. The average Bonchev–Trinajstić information content (AvgIpc) is 3.32. The highest BCUT2D eigenvalue weighted by atomic mass is 19.3. The van der Waals surface area contributed by atoms with Crippen molar-refractivity contribution in [3.63, 3.8) is 0 Å². The number of carbonyl (C=O) groups excluding carboxylic acids is 1. The van der Waals surface area contributed by atoms with E-state index in [-0.39, 0.29) is 31.0 Å². The van der Waals surface area contributed by atoms with Crippen molar-refractivity contribution in [1.82, 2.24) is 19.7 Å². The van der Waals surface area contributed by atoms with Crippen LogP contribution in [0.25, 0.3) is 11.3 Å². The summed E-state index contributed by atoms with van der Waals surface area (Å²) in [5.74, 6) is -4.01. The Hall–Kier alpha value is -3.36. The number of fused-ring (bicyclic) bond motifs is 1. The molecule has 9 heteroatoms. The van der Waals surface area contributed by atoms with Crippen LogP contribution in [0.15, 0.2) is 42.7 Å². The Bertz CT molecular complexity index is 1130. The number of pyridine rings is 1. The highest BCUT2D eigenvalue weighted by Gasteiger charge is 2.34. The minimum Gasteiger partial charge on any atom is -0.471 e. The van der Waals surface area contributed by atoms with Gasteiger partial charge in [0.25, 0.3) is 11.8 Å². The lowest BCUT2D eigenvalue weighted by atomic mass is 10.1. The molecule has 0 N–H and O–H groups in total. The molecule has 4 rings (SSSR count). The molecule has 31 heavy (non-hydrogen) atoms. The zero-order valence-corrected chi connectivity index (χ0v) is 17.1. The first-order valence-electron chi connectivity index (χ1n) is 9.83. The van der Waals surface area contributed by atoms with E-state index in [1.54, 1.807) is 42.2 Å². The average molecular weight is 430 g/mol. The van der Waals surface area contributed by atoms with Crippen LogP contribution in [-0.4, -0.2) is 38.1 Å². The van der Waals surface area contributed by atoms with Gasteiger partial charge < -0.3 is 9.64 Å². The molecule has 2 aromatic heterocycles. The van der Waals surface area contributed by atoms with Crippen LogP contribution in [-0.2, 0) is 20.1 Å². The summed E-state index contributed by atoms with van der Waals surface area (Å²) >= 11 is 0. The maximum atomic E-state index is 14.7. The van der Waals surface area contributed by atoms with Crippen LogP contribution < -0.4 is 4.74 Å². The third-order valence-corrected chi connectivity index (χ3v) is 5.23. The van der Waals surface area contributed by atoms with E-state index in [9.17, 15) is 18.0 Å². The number of alkyl halides is 2. The smallest absolute Gasteiger partial charge is 0.281 e. The van der Waals surface area contributed by atoms with Crippen molar-refractivity contribution in [2.75, 3.05) is 6.61 Å². The van der Waals surface area contributed by atoms with Crippen molar-refractivity contribution in [1.29, 1.82) is 0 Å². The van der Waals surface area contributed by atoms with Crippen LogP contribution in [0.4, 0.5) is 13.2 Å². The molecule has 162 valence electrons. The summed E-state index contributed by atoms with van der Waals surface area (Å²) in [6, 6.07) is 8.17. The van der Waals surface area contributed by atoms with E-state index < -0.39 is 24.3 Å². The fourth-order valence-electron chi connectivity index (χ4n) is 3.40. The van der Waals surface area contributed by atoms with Crippen molar-refractivity contribution in [2.45, 2.75) is 32.4 Å². The minimum absolute atomic E-state index is 0.0341. The molecule has 1 aromatic carbocycles. The van der Waals surface area contributed by atoms with Crippen LogP contribution in [0.1, 0.15) is 34.8 Å². The van der Waals surface area contributed by atoms with E-state index in [4.69, 9.17) is 4.74 Å². The molecule has 0 fully saturated rings. The van der Waals surface area contributed by atoms with Crippen LogP contribution >= 0.6 is 0 Å². The number of aryl methyl sites for hydroxylation is 1. The Labute approximate surface area is 177 Å². The molecule has 1 aliphatic heterocycles. The first-order valence-corrected chi connectivity index (χ1v) is 9.83. The Balaban J connectivity index is 1.51. The van der Waals surface area contributed by atoms with Crippen LogP contribution in [0, 0.1) is 5.82 Å². The van der Waals surface area contributed by atoms with Gasteiger partial charge in [-0.05, 0) is 23.8 Å². The Morgan fingerprint density at radius 3 is 2.71 bits per heavy atom. The van der Waals surface area contributed by atoms with E-state index >= 15 is 0 Å². The number of ether oxygens (including phenoxy) is 1. The first kappa shape index (κ1) is 20.9. The number of carbonyl (C=O) groups is 1. The third-order valence-electron chi connectivity index (χ3n) is 5.23.